The minimum Gasteiger partial charge on any atom is -0.486 e. The molecule has 0 bridgehead atoms. The summed E-state index contributed by atoms with van der Waals surface area (Å²) in [6.45, 7) is 0.242. The summed E-state index contributed by atoms with van der Waals surface area (Å²) in [5, 5.41) is 1.57. The molecule has 0 unspecified atom stereocenters. The third-order valence-electron chi connectivity index (χ3n) is 3.65. The zero-order valence-corrected chi connectivity index (χ0v) is 14.8. The molecule has 5 nitrogen and oxygen atoms in total. The van der Waals surface area contributed by atoms with Crippen LogP contribution in [-0.4, -0.2) is 18.1 Å². The highest BCUT2D eigenvalue weighted by Gasteiger charge is 2.23. The number of methoxy groups -OCH3 is 1. The smallest absolute Gasteiger partial charge is 0.360 e. The minimum atomic E-state index is -0.650. The van der Waals surface area contributed by atoms with E-state index in [-0.39, 0.29) is 28.9 Å². The highest BCUT2D eigenvalue weighted by molar-refractivity contribution is 6.46. The Kier molecular flexibility index (Phi) is 4.97. The van der Waals surface area contributed by atoms with E-state index in [1.807, 2.05) is 30.3 Å². The first kappa shape index (κ1) is 17.3. The number of nitrogens with two attached hydrogens (primary N) is 1. The molecular formula is C18H14Cl2N2O3. The van der Waals surface area contributed by atoms with Gasteiger partial charge in [-0.3, -0.25) is 0 Å². The Morgan fingerprint density at radius 1 is 1.16 bits per heavy atom. The van der Waals surface area contributed by atoms with Crippen LogP contribution in [0.25, 0.3) is 10.8 Å². The van der Waals surface area contributed by atoms with E-state index >= 15 is 0 Å². The van der Waals surface area contributed by atoms with E-state index < -0.39 is 5.97 Å². The van der Waals surface area contributed by atoms with Gasteiger partial charge in [0.05, 0.1) is 17.2 Å². The molecule has 128 valence electrons. The van der Waals surface area contributed by atoms with Crippen LogP contribution in [0.5, 0.6) is 5.75 Å². The topological polar surface area (TPSA) is 74.4 Å². The van der Waals surface area contributed by atoms with Crippen LogP contribution in [-0.2, 0) is 11.3 Å². The zero-order chi connectivity index (χ0) is 18.0. The van der Waals surface area contributed by atoms with Crippen molar-refractivity contribution in [3.63, 3.8) is 0 Å². The molecule has 25 heavy (non-hydrogen) atoms. The molecule has 1 aromatic heterocycles. The molecule has 0 saturated heterocycles. The number of rotatable bonds is 4. The lowest BCUT2D eigenvalue weighted by molar-refractivity contribution is 0.0589. The van der Waals surface area contributed by atoms with E-state index in [1.54, 1.807) is 12.1 Å². The quantitative estimate of drug-likeness (QED) is 0.678. The Hall–Kier alpha value is -2.50. The fraction of sp³-hybridized carbons (Fsp3) is 0.111. The van der Waals surface area contributed by atoms with E-state index in [0.717, 1.165) is 5.56 Å². The van der Waals surface area contributed by atoms with Gasteiger partial charge in [0.15, 0.2) is 11.4 Å². The molecule has 0 amide bonds. The first-order valence-corrected chi connectivity index (χ1v) is 8.10. The Morgan fingerprint density at radius 2 is 1.88 bits per heavy atom. The lowest BCUT2D eigenvalue weighted by atomic mass is 10.1. The van der Waals surface area contributed by atoms with E-state index in [4.69, 9.17) is 38.4 Å². The molecule has 0 aliphatic heterocycles. The molecular weight excluding hydrogens is 363 g/mol. The van der Waals surface area contributed by atoms with Crippen LogP contribution in [0.2, 0.25) is 10.0 Å². The van der Waals surface area contributed by atoms with Crippen molar-refractivity contribution in [2.24, 2.45) is 0 Å². The van der Waals surface area contributed by atoms with Crippen LogP contribution in [0.15, 0.2) is 42.5 Å². The summed E-state index contributed by atoms with van der Waals surface area (Å²) in [7, 11) is 1.26. The maximum Gasteiger partial charge on any atom is 0.360 e. The second-order valence-electron chi connectivity index (χ2n) is 5.22. The van der Waals surface area contributed by atoms with Crippen molar-refractivity contribution in [2.45, 2.75) is 6.61 Å². The predicted octanol–water partition coefficient (Wildman–Crippen LogP) is 4.49. The molecule has 0 radical (unpaired) electrons. The number of anilines is 1. The predicted molar refractivity (Wildman–Crippen MR) is 98.3 cm³/mol. The number of benzene rings is 2. The average molecular weight is 377 g/mol. The molecule has 3 aromatic rings. The van der Waals surface area contributed by atoms with Gasteiger partial charge in [-0.15, -0.1) is 0 Å². The van der Waals surface area contributed by atoms with Crippen LogP contribution in [0.4, 0.5) is 5.82 Å². The maximum absolute atomic E-state index is 12.1. The highest BCUT2D eigenvalue weighted by Crippen LogP contribution is 2.40. The van der Waals surface area contributed by atoms with Crippen molar-refractivity contribution in [3.8, 4) is 5.75 Å². The molecule has 0 spiro atoms. The van der Waals surface area contributed by atoms with Gasteiger partial charge in [0.2, 0.25) is 0 Å². The molecule has 0 atom stereocenters. The van der Waals surface area contributed by atoms with Gasteiger partial charge in [-0.05, 0) is 17.7 Å². The van der Waals surface area contributed by atoms with Crippen LogP contribution in [0.3, 0.4) is 0 Å². The molecule has 1 heterocycles. The Balaban J connectivity index is 2.17. The molecule has 3 rings (SSSR count). The standard InChI is InChI=1S/C18H14Cl2N2O3/c1-24-18(23)15-16(25-9-10-5-3-2-4-6-10)11-7-8-12(19)14(20)13(11)17(21)22-15/h2-8H,9H2,1H3,(H2,21,22). The summed E-state index contributed by atoms with van der Waals surface area (Å²) in [4.78, 5) is 16.2. The van der Waals surface area contributed by atoms with Crippen molar-refractivity contribution >= 4 is 45.8 Å². The van der Waals surface area contributed by atoms with Gasteiger partial charge in [0.1, 0.15) is 12.4 Å². The van der Waals surface area contributed by atoms with Crippen molar-refractivity contribution in [1.82, 2.24) is 4.98 Å². The summed E-state index contributed by atoms with van der Waals surface area (Å²) in [5.41, 5.74) is 6.90. The van der Waals surface area contributed by atoms with Gasteiger partial charge >= 0.3 is 5.97 Å². The molecule has 7 heteroatoms. The lowest BCUT2D eigenvalue weighted by Crippen LogP contribution is -2.11. The average Bonchev–Trinajstić information content (AvgIpc) is 2.63. The SMILES string of the molecule is COC(=O)c1nc(N)c2c(Cl)c(Cl)ccc2c1OCc1ccccc1. The number of hydrogen-bond donors (Lipinski definition) is 1. The summed E-state index contributed by atoms with van der Waals surface area (Å²) in [5.74, 6) is -0.323. The van der Waals surface area contributed by atoms with Crippen molar-refractivity contribution in [2.75, 3.05) is 12.8 Å². The second-order valence-corrected chi connectivity index (χ2v) is 6.01. The number of carbonyl (C=O) groups is 1. The van der Waals surface area contributed by atoms with Gasteiger partial charge in [0, 0.05) is 10.8 Å². The summed E-state index contributed by atoms with van der Waals surface area (Å²) in [6, 6.07) is 12.8. The Morgan fingerprint density at radius 3 is 2.56 bits per heavy atom. The number of esters is 1. The van der Waals surface area contributed by atoms with Gasteiger partial charge < -0.3 is 15.2 Å². The second kappa shape index (κ2) is 7.17. The van der Waals surface area contributed by atoms with Gasteiger partial charge in [-0.2, -0.15) is 0 Å². The fourth-order valence-corrected chi connectivity index (χ4v) is 2.87. The Bertz CT molecular complexity index is 946. The number of aromatic nitrogens is 1. The normalized spacial score (nSPS) is 10.7. The van der Waals surface area contributed by atoms with Crippen LogP contribution in [0.1, 0.15) is 16.1 Å². The largest absolute Gasteiger partial charge is 0.486 e. The number of fused-ring (bicyclic) bond motifs is 1. The molecule has 0 aliphatic rings. The van der Waals surface area contributed by atoms with Gasteiger partial charge in [0.25, 0.3) is 0 Å². The highest BCUT2D eigenvalue weighted by atomic mass is 35.5. The third-order valence-corrected chi connectivity index (χ3v) is 4.45. The minimum absolute atomic E-state index is 0.0122. The van der Waals surface area contributed by atoms with Crippen LogP contribution in [0, 0.1) is 0 Å². The first-order valence-electron chi connectivity index (χ1n) is 7.35. The Labute approximate surface area is 154 Å². The van der Waals surface area contributed by atoms with Gasteiger partial charge in [-0.1, -0.05) is 53.5 Å². The van der Waals surface area contributed by atoms with Crippen LogP contribution < -0.4 is 10.5 Å². The summed E-state index contributed by atoms with van der Waals surface area (Å²) < 4.78 is 10.7. The third kappa shape index (κ3) is 3.34. The van der Waals surface area contributed by atoms with Crippen molar-refractivity contribution in [3.05, 3.63) is 63.8 Å². The fourth-order valence-electron chi connectivity index (χ4n) is 2.46. The molecule has 0 saturated carbocycles. The van der Waals surface area contributed by atoms with Gasteiger partial charge in [-0.25, -0.2) is 9.78 Å². The molecule has 0 fully saturated rings. The van der Waals surface area contributed by atoms with E-state index in [0.29, 0.717) is 15.8 Å². The number of ether oxygens (including phenoxy) is 2. The number of halogens is 2. The molecule has 2 N–H and O–H groups in total. The number of hydrogen-bond acceptors (Lipinski definition) is 5. The summed E-state index contributed by atoms with van der Waals surface area (Å²) >= 11 is 12.3. The molecule has 2 aromatic carbocycles. The maximum atomic E-state index is 12.1. The number of pyridine rings is 1. The van der Waals surface area contributed by atoms with E-state index in [9.17, 15) is 4.79 Å². The van der Waals surface area contributed by atoms with Crippen molar-refractivity contribution in [1.29, 1.82) is 0 Å². The first-order chi connectivity index (χ1) is 12.0. The summed E-state index contributed by atoms with van der Waals surface area (Å²) in [6.07, 6.45) is 0. The number of carbonyl (C=O) groups excluding carboxylic acids is 1. The van der Waals surface area contributed by atoms with Crippen molar-refractivity contribution < 1.29 is 14.3 Å². The monoisotopic (exact) mass is 376 g/mol. The van der Waals surface area contributed by atoms with E-state index in [2.05, 4.69) is 4.98 Å². The molecule has 0 aliphatic carbocycles. The lowest BCUT2D eigenvalue weighted by Gasteiger charge is -2.15. The van der Waals surface area contributed by atoms with E-state index in [1.165, 1.54) is 7.11 Å². The van der Waals surface area contributed by atoms with Crippen LogP contribution >= 0.6 is 23.2 Å². The zero-order valence-electron chi connectivity index (χ0n) is 13.3. The number of nitrogen functional groups attached to an aromatic ring is 1. The number of nitrogens with zero attached hydrogens (tertiary/aromatic N) is 1.